The Balaban J connectivity index is 0.00000121. The molecule has 120 valence electrons. The van der Waals surface area contributed by atoms with E-state index in [0.717, 1.165) is 6.42 Å². The number of benzene rings is 1. The van der Waals surface area contributed by atoms with E-state index >= 15 is 0 Å². The summed E-state index contributed by atoms with van der Waals surface area (Å²) in [4.78, 5) is 3.73. The minimum Gasteiger partial charge on any atom is -0.147 e. The zero-order chi connectivity index (χ0) is 14.4. The van der Waals surface area contributed by atoms with Gasteiger partial charge in [0.1, 0.15) is 0 Å². The number of halogens is 2. The van der Waals surface area contributed by atoms with E-state index in [4.69, 9.17) is 0 Å². The molecule has 1 nitrogen and oxygen atoms in total. The predicted octanol–water partition coefficient (Wildman–Crippen LogP) is 5.48. The number of aromatic nitrogens is 1. The van der Waals surface area contributed by atoms with E-state index in [0.29, 0.717) is 0 Å². The number of allylic oxidation sites excluding steroid dienone is 4. The number of rotatable bonds is 2. The van der Waals surface area contributed by atoms with Crippen LogP contribution in [0.25, 0.3) is 10.9 Å². The Labute approximate surface area is 146 Å². The molecule has 0 spiro atoms. The molecule has 1 aliphatic rings. The summed E-state index contributed by atoms with van der Waals surface area (Å²) in [5, 5.41) is 6.40. The van der Waals surface area contributed by atoms with Crippen LogP contribution in [-0.2, 0) is 14.8 Å². The first-order chi connectivity index (χ1) is 9.42. The average molecular weight is 374 g/mol. The van der Waals surface area contributed by atoms with Crippen LogP contribution in [0.1, 0.15) is 20.3 Å². The minimum absolute atomic E-state index is 0. The Kier molecular flexibility index (Phi) is 5.74. The summed E-state index contributed by atoms with van der Waals surface area (Å²) in [6.45, 7) is 4.64. The van der Waals surface area contributed by atoms with E-state index in [1.807, 2.05) is 0 Å². The smallest absolute Gasteiger partial charge is 0.147 e. The Morgan fingerprint density at radius 2 is 1.77 bits per heavy atom. The van der Waals surface area contributed by atoms with Gasteiger partial charge in [-0.15, -0.1) is 24.8 Å². The number of aromatic amines is 1. The second-order valence-corrected chi connectivity index (χ2v) is 17.8. The maximum atomic E-state index is 3.73. The van der Waals surface area contributed by atoms with Crippen LogP contribution in [0.3, 0.4) is 0 Å². The van der Waals surface area contributed by atoms with Crippen molar-refractivity contribution < 1.29 is 14.8 Å². The molecule has 0 bridgehead atoms. The van der Waals surface area contributed by atoms with Crippen molar-refractivity contribution in [2.45, 2.75) is 30.7 Å². The van der Waals surface area contributed by atoms with Crippen LogP contribution >= 0.6 is 24.8 Å². The van der Waals surface area contributed by atoms with E-state index in [9.17, 15) is 0 Å². The standard InChI is InChI=1S/C8H6N.C5H5.C3H6.2CH3.2ClH.Ti/c1-2-4-8-7(3-1)5-6-9-8;1-2-4-5-3-1;1-3-2;;;;;/h1-5,9H;1-3H,4H2;1-2H3;2*1H3;2*1H;. The monoisotopic (exact) mass is 373 g/mol. The quantitative estimate of drug-likeness (QED) is 0.671. The topological polar surface area (TPSA) is 15.8 Å². The predicted molar refractivity (Wildman–Crippen MR) is 102 cm³/mol. The molecule has 1 aromatic carbocycles. The van der Waals surface area contributed by atoms with Gasteiger partial charge in [0.05, 0.1) is 0 Å². The molecule has 1 N–H and O–H groups in total. The van der Waals surface area contributed by atoms with Crippen LogP contribution in [0.2, 0.25) is 10.5 Å². The van der Waals surface area contributed by atoms with Gasteiger partial charge in [0.25, 0.3) is 0 Å². The van der Waals surface area contributed by atoms with Gasteiger partial charge in [-0.1, -0.05) is 0 Å². The molecule has 1 aromatic heterocycles. The first kappa shape index (κ1) is 19.5. The van der Waals surface area contributed by atoms with Crippen molar-refractivity contribution in [1.29, 1.82) is 0 Å². The molecule has 22 heavy (non-hydrogen) atoms. The van der Waals surface area contributed by atoms with Crippen LogP contribution in [0.15, 0.2) is 52.4 Å². The summed E-state index contributed by atoms with van der Waals surface area (Å²) in [5.41, 5.74) is 1.26. The number of H-pyrrole nitrogens is 1. The molecule has 2 aromatic rings. The van der Waals surface area contributed by atoms with Gasteiger partial charge in [-0.25, -0.2) is 0 Å². The van der Waals surface area contributed by atoms with Gasteiger partial charge in [0.2, 0.25) is 0 Å². The Hall–Kier alpha value is -0.596. The number of hydrogen-bond donors (Lipinski definition) is 1. The van der Waals surface area contributed by atoms with Gasteiger partial charge in [0.15, 0.2) is 0 Å². The first-order valence-electron chi connectivity index (χ1n) is 7.37. The molecule has 1 aliphatic carbocycles. The van der Waals surface area contributed by atoms with E-state index in [-0.39, 0.29) is 24.8 Å². The summed E-state index contributed by atoms with van der Waals surface area (Å²) in [5.74, 6) is 0. The van der Waals surface area contributed by atoms with Crippen LogP contribution in [-0.4, -0.2) is 8.80 Å². The van der Waals surface area contributed by atoms with E-state index < -0.39 is 14.8 Å². The molecule has 0 saturated heterocycles. The fraction of sp³-hybridized carbons (Fsp3) is 0.278. The average Bonchev–Trinajstić information content (AvgIpc) is 3.08. The zero-order valence-corrected chi connectivity index (χ0v) is 16.8. The summed E-state index contributed by atoms with van der Waals surface area (Å²) >= 11 is -2.99. The normalized spacial score (nSPS) is 14.3. The van der Waals surface area contributed by atoms with Crippen LogP contribution in [0.5, 0.6) is 0 Å². The molecule has 0 radical (unpaired) electrons. The molecular formula is C18H25Cl2NTi. The van der Waals surface area contributed by atoms with Crippen molar-refractivity contribution in [3.05, 3.63) is 52.4 Å². The van der Waals surface area contributed by atoms with Gasteiger partial charge < -0.3 is 0 Å². The van der Waals surface area contributed by atoms with Crippen LogP contribution in [0, 0.1) is 0 Å². The molecular weight excluding hydrogens is 349 g/mol. The van der Waals surface area contributed by atoms with Gasteiger partial charge in [-0.05, 0) is 0 Å². The van der Waals surface area contributed by atoms with Gasteiger partial charge in [0, 0.05) is 0 Å². The van der Waals surface area contributed by atoms with Crippen molar-refractivity contribution in [3.8, 4) is 0 Å². The third kappa shape index (κ3) is 2.69. The zero-order valence-electron chi connectivity index (χ0n) is 13.6. The summed E-state index contributed by atoms with van der Waals surface area (Å²) < 4.78 is 4.72. The fourth-order valence-corrected chi connectivity index (χ4v) is 9.41. The Morgan fingerprint density at radius 1 is 1.09 bits per heavy atom. The molecule has 0 fully saturated rings. The second-order valence-electron chi connectivity index (χ2n) is 6.97. The largest absolute Gasteiger partial charge is 0.147 e. The first-order valence-corrected chi connectivity index (χ1v) is 12.8. The van der Waals surface area contributed by atoms with Crippen molar-refractivity contribution >= 4 is 43.5 Å². The maximum Gasteiger partial charge on any atom is -0.147 e. The molecule has 1 heterocycles. The third-order valence-corrected chi connectivity index (χ3v) is 16.8. The number of hydrogen-bond acceptors (Lipinski definition) is 0. The van der Waals surface area contributed by atoms with Crippen molar-refractivity contribution in [3.63, 3.8) is 0 Å². The summed E-state index contributed by atoms with van der Waals surface area (Å²) in [7, 11) is 0. The number of fused-ring (bicyclic) bond motifs is 1. The van der Waals surface area contributed by atoms with Crippen molar-refractivity contribution in [2.75, 3.05) is 0 Å². The van der Waals surface area contributed by atoms with Crippen LogP contribution in [0.4, 0.5) is 0 Å². The Bertz CT molecular complexity index is 781. The Morgan fingerprint density at radius 3 is 2.32 bits per heavy atom. The molecule has 0 amide bonds. The number of para-hydroxylation sites is 1. The van der Waals surface area contributed by atoms with Crippen molar-refractivity contribution in [2.24, 2.45) is 0 Å². The molecule has 4 heteroatoms. The fourth-order valence-electron chi connectivity index (χ4n) is 3.24. The van der Waals surface area contributed by atoms with E-state index in [1.165, 1.54) is 14.9 Å². The van der Waals surface area contributed by atoms with Gasteiger partial charge >= 0.3 is 122 Å². The SMILES string of the molecule is C[C](C)=[Ti]([CH3])([CH3])([C]1=CC=CC1)[c]1cc2ccccc2[nH]1.Cl.Cl. The summed E-state index contributed by atoms with van der Waals surface area (Å²) in [6.07, 6.45) is 7.98. The van der Waals surface area contributed by atoms with Crippen molar-refractivity contribution in [1.82, 2.24) is 4.98 Å². The van der Waals surface area contributed by atoms with Crippen LogP contribution < -0.4 is 4.00 Å². The molecule has 3 rings (SSSR count). The summed E-state index contributed by atoms with van der Waals surface area (Å²) in [6, 6.07) is 11.0. The van der Waals surface area contributed by atoms with E-state index in [2.05, 4.69) is 77.8 Å². The van der Waals surface area contributed by atoms with Gasteiger partial charge in [-0.3, -0.25) is 0 Å². The molecule has 0 aliphatic heterocycles. The molecule has 0 saturated carbocycles. The molecule has 0 atom stereocenters. The maximum absolute atomic E-state index is 3.73. The molecule has 0 unspecified atom stereocenters. The van der Waals surface area contributed by atoms with Gasteiger partial charge in [-0.2, -0.15) is 0 Å². The second kappa shape index (κ2) is 6.49. The number of nitrogens with one attached hydrogen (secondary N) is 1. The minimum atomic E-state index is -2.99. The van der Waals surface area contributed by atoms with E-state index in [1.54, 1.807) is 7.69 Å². The third-order valence-electron chi connectivity index (χ3n) is 5.57.